The van der Waals surface area contributed by atoms with Crippen LogP contribution in [-0.2, 0) is 9.47 Å². The number of hydrogen-bond acceptors (Lipinski definition) is 7. The molecule has 2 fully saturated rings. The van der Waals surface area contributed by atoms with Crippen LogP contribution < -0.4 is 0 Å². The minimum atomic E-state index is -0.458. The fraction of sp³-hybridized carbons (Fsp3) is 0.500. The summed E-state index contributed by atoms with van der Waals surface area (Å²) in [5, 5.41) is 9.96. The van der Waals surface area contributed by atoms with Gasteiger partial charge in [-0.1, -0.05) is 24.0 Å². The number of rotatable bonds is 3. The molecule has 0 unspecified atom stereocenters. The Balaban J connectivity index is 1.18. The van der Waals surface area contributed by atoms with Crippen LogP contribution in [0.4, 0.5) is 4.79 Å². The minimum Gasteiger partial charge on any atom is -0.444 e. The molecule has 2 aromatic heterocycles. The van der Waals surface area contributed by atoms with Crippen LogP contribution >= 0.6 is 11.3 Å². The Morgan fingerprint density at radius 1 is 1.12 bits per heavy atom. The van der Waals surface area contributed by atoms with Crippen molar-refractivity contribution >= 4 is 23.1 Å². The van der Waals surface area contributed by atoms with Crippen molar-refractivity contribution < 1.29 is 14.3 Å². The molecule has 0 bridgehead atoms. The SMILES string of the molecule is COC[C@@H]1N=C(c2ccc(C#CC3CC4(C3)CN(C(=O)OC(C)(C)C)C4)cc2)c2c(sc(C)c2C)-n2c(C)nnc21. The van der Waals surface area contributed by atoms with E-state index < -0.39 is 5.60 Å². The molecule has 1 aromatic carbocycles. The lowest BCUT2D eigenvalue weighted by Gasteiger charge is -2.57. The number of benzene rings is 1. The van der Waals surface area contributed by atoms with E-state index in [2.05, 4.69) is 64.7 Å². The summed E-state index contributed by atoms with van der Waals surface area (Å²) in [5.41, 5.74) is 5.13. The molecule has 9 heteroatoms. The van der Waals surface area contributed by atoms with Crippen LogP contribution in [0.25, 0.3) is 5.00 Å². The predicted octanol–water partition coefficient (Wildman–Crippen LogP) is 5.79. The van der Waals surface area contributed by atoms with Gasteiger partial charge in [0, 0.05) is 53.1 Å². The van der Waals surface area contributed by atoms with E-state index in [9.17, 15) is 4.79 Å². The number of likely N-dealkylation sites (tertiary alicyclic amines) is 1. The number of methoxy groups -OCH3 is 1. The summed E-state index contributed by atoms with van der Waals surface area (Å²) in [6, 6.07) is 8.16. The number of thiophene rings is 1. The average molecular weight is 572 g/mol. The summed E-state index contributed by atoms with van der Waals surface area (Å²) < 4.78 is 13.2. The summed E-state index contributed by atoms with van der Waals surface area (Å²) in [6.07, 6.45) is 1.87. The molecule has 1 atom stereocenters. The third-order valence-electron chi connectivity index (χ3n) is 8.21. The van der Waals surface area contributed by atoms with Gasteiger partial charge >= 0.3 is 6.09 Å². The van der Waals surface area contributed by atoms with Crippen LogP contribution in [0.15, 0.2) is 29.3 Å². The van der Waals surface area contributed by atoms with Gasteiger partial charge in [-0.25, -0.2) is 4.79 Å². The lowest BCUT2D eigenvalue weighted by Crippen LogP contribution is -2.64. The highest BCUT2D eigenvalue weighted by molar-refractivity contribution is 7.15. The largest absolute Gasteiger partial charge is 0.444 e. The lowest BCUT2D eigenvalue weighted by molar-refractivity contribution is -0.0832. The van der Waals surface area contributed by atoms with Crippen molar-refractivity contribution in [2.45, 2.75) is 66.0 Å². The molecule has 1 spiro atoms. The number of carbonyl (C=O) groups is 1. The molecule has 0 radical (unpaired) electrons. The molecule has 6 rings (SSSR count). The average Bonchev–Trinajstić information content (AvgIpc) is 3.33. The van der Waals surface area contributed by atoms with Crippen molar-refractivity contribution in [1.29, 1.82) is 0 Å². The Labute approximate surface area is 245 Å². The van der Waals surface area contributed by atoms with Crippen molar-refractivity contribution in [2.24, 2.45) is 16.3 Å². The van der Waals surface area contributed by atoms with Crippen molar-refractivity contribution in [3.05, 3.63) is 63.0 Å². The molecule has 41 heavy (non-hydrogen) atoms. The quantitative estimate of drug-likeness (QED) is 0.372. The first-order valence-corrected chi connectivity index (χ1v) is 15.0. The van der Waals surface area contributed by atoms with E-state index in [1.807, 2.05) is 32.6 Å². The molecule has 4 heterocycles. The fourth-order valence-corrected chi connectivity index (χ4v) is 7.33. The van der Waals surface area contributed by atoms with E-state index in [4.69, 9.17) is 14.5 Å². The highest BCUT2D eigenvalue weighted by Crippen LogP contribution is 2.52. The third-order valence-corrected chi connectivity index (χ3v) is 9.40. The molecule has 0 N–H and O–H groups in total. The van der Waals surface area contributed by atoms with Gasteiger partial charge in [0.15, 0.2) is 5.82 Å². The van der Waals surface area contributed by atoms with Gasteiger partial charge in [-0.2, -0.15) is 0 Å². The van der Waals surface area contributed by atoms with Gasteiger partial charge in [0.1, 0.15) is 22.5 Å². The maximum absolute atomic E-state index is 12.3. The van der Waals surface area contributed by atoms with Crippen molar-refractivity contribution in [1.82, 2.24) is 19.7 Å². The number of fused-ring (bicyclic) bond motifs is 3. The fourth-order valence-electron chi connectivity index (χ4n) is 6.12. The Morgan fingerprint density at radius 3 is 2.49 bits per heavy atom. The van der Waals surface area contributed by atoms with Gasteiger partial charge in [0.2, 0.25) is 0 Å². The van der Waals surface area contributed by atoms with Gasteiger partial charge < -0.3 is 14.4 Å². The van der Waals surface area contributed by atoms with Gasteiger partial charge in [-0.05, 0) is 72.1 Å². The molecule has 1 amide bonds. The molecule has 1 saturated carbocycles. The second-order valence-electron chi connectivity index (χ2n) is 12.6. The third kappa shape index (κ3) is 5.08. The van der Waals surface area contributed by atoms with Crippen LogP contribution in [0.3, 0.4) is 0 Å². The zero-order chi connectivity index (χ0) is 29.1. The first-order valence-electron chi connectivity index (χ1n) is 14.2. The Hall–Kier alpha value is -3.48. The number of aryl methyl sites for hydroxylation is 2. The van der Waals surface area contributed by atoms with Crippen LogP contribution in [0.5, 0.6) is 0 Å². The minimum absolute atomic E-state index is 0.207. The number of carbonyl (C=O) groups excluding carboxylic acids is 1. The zero-order valence-electron chi connectivity index (χ0n) is 24.9. The van der Waals surface area contributed by atoms with E-state index in [1.54, 1.807) is 18.4 Å². The predicted molar refractivity (Wildman–Crippen MR) is 160 cm³/mol. The number of aromatic nitrogens is 3. The van der Waals surface area contributed by atoms with Crippen LogP contribution in [0.2, 0.25) is 0 Å². The van der Waals surface area contributed by atoms with Crippen LogP contribution in [0, 0.1) is 43.9 Å². The van der Waals surface area contributed by atoms with Gasteiger partial charge in [-0.15, -0.1) is 21.5 Å². The molecule has 2 aliphatic heterocycles. The lowest BCUT2D eigenvalue weighted by atomic mass is 9.58. The maximum atomic E-state index is 12.3. The number of amides is 1. The molecule has 1 aliphatic carbocycles. The molecular formula is C32H37N5O3S. The molecular weight excluding hydrogens is 534 g/mol. The summed E-state index contributed by atoms with van der Waals surface area (Å²) >= 11 is 1.75. The van der Waals surface area contributed by atoms with E-state index in [-0.39, 0.29) is 17.6 Å². The van der Waals surface area contributed by atoms with E-state index in [0.29, 0.717) is 12.5 Å². The molecule has 214 valence electrons. The summed E-state index contributed by atoms with van der Waals surface area (Å²) in [6.45, 7) is 14.0. The standard InChI is InChI=1S/C32H37N5O3S/c1-19-20(2)41-29-26(19)27(33-25(16-39-7)28-35-34-21(3)37(28)29)24-12-10-22(11-13-24)8-9-23-14-32(15-23)17-36(18-32)30(38)40-31(4,5)6/h10-13,23,25H,14-18H2,1-7H3/t25-/m0/s1. The number of nitrogens with zero attached hydrogens (tertiary/aromatic N) is 5. The first kappa shape index (κ1) is 27.7. The Morgan fingerprint density at radius 2 is 1.83 bits per heavy atom. The smallest absolute Gasteiger partial charge is 0.410 e. The first-order chi connectivity index (χ1) is 19.5. The van der Waals surface area contributed by atoms with Crippen molar-refractivity contribution in [2.75, 3.05) is 26.8 Å². The van der Waals surface area contributed by atoms with Gasteiger partial charge in [-0.3, -0.25) is 9.56 Å². The summed E-state index contributed by atoms with van der Waals surface area (Å²) in [7, 11) is 1.69. The highest BCUT2D eigenvalue weighted by Gasteiger charge is 2.54. The second-order valence-corrected chi connectivity index (χ2v) is 13.8. The summed E-state index contributed by atoms with van der Waals surface area (Å²) in [4.78, 5) is 20.5. The van der Waals surface area contributed by atoms with E-state index in [0.717, 1.165) is 65.0 Å². The van der Waals surface area contributed by atoms with Crippen LogP contribution in [0.1, 0.15) is 78.4 Å². The summed E-state index contributed by atoms with van der Waals surface area (Å²) in [5.74, 6) is 8.88. The number of hydrogen-bond donors (Lipinski definition) is 0. The van der Waals surface area contributed by atoms with Crippen molar-refractivity contribution in [3.8, 4) is 16.8 Å². The van der Waals surface area contributed by atoms with Gasteiger partial charge in [0.25, 0.3) is 0 Å². The molecule has 3 aliphatic rings. The molecule has 1 saturated heterocycles. The monoisotopic (exact) mass is 571 g/mol. The zero-order valence-corrected chi connectivity index (χ0v) is 25.7. The Bertz CT molecular complexity index is 1580. The maximum Gasteiger partial charge on any atom is 0.410 e. The molecule has 8 nitrogen and oxygen atoms in total. The Kier molecular flexibility index (Phi) is 6.82. The van der Waals surface area contributed by atoms with Crippen molar-refractivity contribution in [3.63, 3.8) is 0 Å². The second kappa shape index (κ2) is 10.1. The van der Waals surface area contributed by atoms with E-state index in [1.165, 1.54) is 10.4 Å². The van der Waals surface area contributed by atoms with E-state index >= 15 is 0 Å². The molecule has 3 aromatic rings. The topological polar surface area (TPSA) is 81.8 Å². The highest BCUT2D eigenvalue weighted by atomic mass is 32.1. The number of ether oxygens (including phenoxy) is 2. The number of aliphatic imine (C=N–C) groups is 1. The van der Waals surface area contributed by atoms with Gasteiger partial charge in [0.05, 0.1) is 12.3 Å². The normalized spacial score (nSPS) is 19.2. The van der Waals surface area contributed by atoms with Crippen LogP contribution in [-0.4, -0.2) is 63.9 Å².